The van der Waals surface area contributed by atoms with Crippen molar-refractivity contribution in [3.63, 3.8) is 0 Å². The highest BCUT2D eigenvalue weighted by Gasteiger charge is 2.30. The molecule has 7 heteroatoms. The largest absolute Gasteiger partial charge is 0.478 e. The molecule has 7 nitrogen and oxygen atoms in total. The lowest BCUT2D eigenvalue weighted by atomic mass is 10.1. The topological polar surface area (TPSA) is 106 Å². The van der Waals surface area contributed by atoms with Crippen LogP contribution >= 0.6 is 0 Å². The monoisotopic (exact) mass is 251 g/mol. The Kier molecular flexibility index (Phi) is 3.42. The number of amides is 1. The second-order valence-electron chi connectivity index (χ2n) is 3.88. The van der Waals surface area contributed by atoms with Gasteiger partial charge in [-0.3, -0.25) is 9.78 Å². The first kappa shape index (κ1) is 12.3. The van der Waals surface area contributed by atoms with Gasteiger partial charge >= 0.3 is 5.97 Å². The third-order valence-corrected chi connectivity index (χ3v) is 2.79. The van der Waals surface area contributed by atoms with Crippen LogP contribution in [-0.2, 0) is 9.53 Å². The molecule has 0 saturated carbocycles. The van der Waals surface area contributed by atoms with Crippen LogP contribution in [-0.4, -0.2) is 47.8 Å². The maximum atomic E-state index is 11.4. The van der Waals surface area contributed by atoms with E-state index in [4.69, 9.17) is 15.6 Å². The van der Waals surface area contributed by atoms with Gasteiger partial charge < -0.3 is 20.5 Å². The van der Waals surface area contributed by atoms with Gasteiger partial charge in [-0.15, -0.1) is 0 Å². The van der Waals surface area contributed by atoms with Crippen molar-refractivity contribution in [2.45, 2.75) is 6.04 Å². The van der Waals surface area contributed by atoms with E-state index < -0.39 is 17.9 Å². The first-order chi connectivity index (χ1) is 8.61. The average molecular weight is 251 g/mol. The minimum absolute atomic E-state index is 0.0469. The fourth-order valence-electron chi connectivity index (χ4n) is 1.93. The number of nitrogens with two attached hydrogens (primary N) is 1. The molecule has 0 aromatic carbocycles. The molecule has 1 amide bonds. The highest BCUT2D eigenvalue weighted by atomic mass is 16.5. The normalized spacial score (nSPS) is 19.6. The molecule has 1 aromatic heterocycles. The summed E-state index contributed by atoms with van der Waals surface area (Å²) in [5.74, 6) is -1.63. The number of aromatic carboxylic acids is 1. The molecule has 1 saturated heterocycles. The Balaban J connectivity index is 2.39. The number of ether oxygens (including phenoxy) is 1. The van der Waals surface area contributed by atoms with E-state index in [1.807, 2.05) is 0 Å². The molecular formula is C11H13N3O4. The van der Waals surface area contributed by atoms with Gasteiger partial charge in [0.1, 0.15) is 11.6 Å². The zero-order valence-corrected chi connectivity index (χ0v) is 9.57. The number of aromatic nitrogens is 1. The highest BCUT2D eigenvalue weighted by Crippen LogP contribution is 2.23. The average Bonchev–Trinajstić information content (AvgIpc) is 2.38. The number of carboxylic acids is 1. The number of hydrogen-bond acceptors (Lipinski definition) is 5. The number of hydrogen-bond donors (Lipinski definition) is 2. The smallest absolute Gasteiger partial charge is 0.339 e. The lowest BCUT2D eigenvalue weighted by Gasteiger charge is -2.35. The molecule has 0 spiro atoms. The number of nitrogens with zero attached hydrogens (tertiary/aromatic N) is 2. The van der Waals surface area contributed by atoms with Crippen molar-refractivity contribution < 1.29 is 19.4 Å². The van der Waals surface area contributed by atoms with Crippen molar-refractivity contribution in [3.05, 3.63) is 24.0 Å². The van der Waals surface area contributed by atoms with Crippen LogP contribution in [0.2, 0.25) is 0 Å². The first-order valence-corrected chi connectivity index (χ1v) is 5.42. The third-order valence-electron chi connectivity index (χ3n) is 2.79. The molecule has 0 bridgehead atoms. The molecule has 18 heavy (non-hydrogen) atoms. The minimum atomic E-state index is -1.09. The van der Waals surface area contributed by atoms with E-state index in [0.717, 1.165) is 0 Å². The maximum absolute atomic E-state index is 11.4. The van der Waals surface area contributed by atoms with E-state index in [1.54, 1.807) is 11.0 Å². The summed E-state index contributed by atoms with van der Waals surface area (Å²) in [6, 6.07) is 0.907. The van der Waals surface area contributed by atoms with Crippen LogP contribution in [0.3, 0.4) is 0 Å². The minimum Gasteiger partial charge on any atom is -0.478 e. The predicted octanol–water partition coefficient (Wildman–Crippen LogP) is -0.530. The molecule has 1 aliphatic heterocycles. The van der Waals surface area contributed by atoms with Crippen molar-refractivity contribution in [2.75, 3.05) is 24.7 Å². The molecule has 1 aromatic rings. The van der Waals surface area contributed by atoms with Gasteiger partial charge in [-0.05, 0) is 6.07 Å². The maximum Gasteiger partial charge on any atom is 0.339 e. The van der Waals surface area contributed by atoms with Gasteiger partial charge in [-0.25, -0.2) is 4.79 Å². The molecule has 0 radical (unpaired) electrons. The van der Waals surface area contributed by atoms with Crippen LogP contribution < -0.4 is 10.6 Å². The molecule has 1 fully saturated rings. The molecule has 96 valence electrons. The van der Waals surface area contributed by atoms with Crippen molar-refractivity contribution >= 4 is 17.6 Å². The summed E-state index contributed by atoms with van der Waals surface area (Å²) < 4.78 is 5.19. The van der Waals surface area contributed by atoms with Gasteiger partial charge in [0.05, 0.1) is 18.9 Å². The second-order valence-corrected chi connectivity index (χ2v) is 3.88. The molecular weight excluding hydrogens is 238 g/mol. The van der Waals surface area contributed by atoms with E-state index in [1.165, 1.54) is 12.4 Å². The van der Waals surface area contributed by atoms with Crippen LogP contribution in [0.4, 0.5) is 5.69 Å². The summed E-state index contributed by atoms with van der Waals surface area (Å²) in [4.78, 5) is 27.9. The molecule has 1 atom stereocenters. The van der Waals surface area contributed by atoms with E-state index >= 15 is 0 Å². The summed E-state index contributed by atoms with van der Waals surface area (Å²) in [5.41, 5.74) is 5.78. The fraction of sp³-hybridized carbons (Fsp3) is 0.364. The fourth-order valence-corrected chi connectivity index (χ4v) is 1.93. The van der Waals surface area contributed by atoms with Gasteiger partial charge in [-0.1, -0.05) is 0 Å². The Bertz CT molecular complexity index is 477. The summed E-state index contributed by atoms with van der Waals surface area (Å²) in [7, 11) is 0. The standard InChI is InChI=1S/C11H13N3O4/c12-10(15)9-6-18-4-3-14(9)8-1-2-13-5-7(8)11(16)17/h1-2,5,9H,3-4,6H2,(H2,12,15)(H,16,17). The quantitative estimate of drug-likeness (QED) is 0.748. The predicted molar refractivity (Wildman–Crippen MR) is 62.3 cm³/mol. The molecule has 2 rings (SSSR count). The van der Waals surface area contributed by atoms with Gasteiger partial charge in [0.2, 0.25) is 5.91 Å². The van der Waals surface area contributed by atoms with E-state index in [9.17, 15) is 9.59 Å². The van der Waals surface area contributed by atoms with Crippen LogP contribution in [0.5, 0.6) is 0 Å². The summed E-state index contributed by atoms with van der Waals surface area (Å²) in [6.45, 7) is 1.000. The van der Waals surface area contributed by atoms with Crippen LogP contribution in [0.1, 0.15) is 10.4 Å². The second kappa shape index (κ2) is 5.01. The van der Waals surface area contributed by atoms with Crippen molar-refractivity contribution in [3.8, 4) is 0 Å². The summed E-state index contributed by atoms with van der Waals surface area (Å²) in [5, 5.41) is 9.11. The van der Waals surface area contributed by atoms with Crippen LogP contribution in [0.25, 0.3) is 0 Å². The zero-order valence-electron chi connectivity index (χ0n) is 9.57. The molecule has 3 N–H and O–H groups in total. The Morgan fingerprint density at radius 2 is 2.33 bits per heavy atom. The van der Waals surface area contributed by atoms with Crippen LogP contribution in [0, 0.1) is 0 Å². The number of pyridine rings is 1. The molecule has 2 heterocycles. The molecule has 0 aliphatic carbocycles. The van der Waals surface area contributed by atoms with Crippen molar-refractivity contribution in [2.24, 2.45) is 5.73 Å². The lowest BCUT2D eigenvalue weighted by molar-refractivity contribution is -0.121. The number of anilines is 1. The SMILES string of the molecule is NC(=O)C1COCCN1c1ccncc1C(=O)O. The molecule has 1 unspecified atom stereocenters. The van der Waals surface area contributed by atoms with E-state index in [-0.39, 0.29) is 12.2 Å². The number of rotatable bonds is 3. The highest BCUT2D eigenvalue weighted by molar-refractivity contribution is 5.95. The van der Waals surface area contributed by atoms with Crippen LogP contribution in [0.15, 0.2) is 18.5 Å². The van der Waals surface area contributed by atoms with Crippen molar-refractivity contribution in [1.29, 1.82) is 0 Å². The number of carbonyl (C=O) groups is 2. The van der Waals surface area contributed by atoms with Crippen molar-refractivity contribution in [1.82, 2.24) is 4.98 Å². The van der Waals surface area contributed by atoms with Gasteiger partial charge in [-0.2, -0.15) is 0 Å². The zero-order chi connectivity index (χ0) is 13.1. The Labute approximate surface area is 103 Å². The van der Waals surface area contributed by atoms with E-state index in [0.29, 0.717) is 18.8 Å². The van der Waals surface area contributed by atoms with Gasteiger partial charge in [0.15, 0.2) is 0 Å². The van der Waals surface area contributed by atoms with Gasteiger partial charge in [0.25, 0.3) is 0 Å². The number of morpholine rings is 1. The van der Waals surface area contributed by atoms with E-state index in [2.05, 4.69) is 4.98 Å². The number of carboxylic acid groups (broad SMARTS) is 1. The third kappa shape index (κ3) is 2.25. The summed E-state index contributed by atoms with van der Waals surface area (Å²) >= 11 is 0. The number of primary amides is 1. The Morgan fingerprint density at radius 3 is 3.00 bits per heavy atom. The number of carbonyl (C=O) groups excluding carboxylic acids is 1. The van der Waals surface area contributed by atoms with Gasteiger partial charge in [0, 0.05) is 18.9 Å². The summed E-state index contributed by atoms with van der Waals surface area (Å²) in [6.07, 6.45) is 2.74. The Morgan fingerprint density at radius 1 is 1.56 bits per heavy atom. The first-order valence-electron chi connectivity index (χ1n) is 5.42. The lowest BCUT2D eigenvalue weighted by Crippen LogP contribution is -2.53. The molecule has 1 aliphatic rings. The Hall–Kier alpha value is -2.15.